The first-order valence-electron chi connectivity index (χ1n) is 8.80. The fourth-order valence-corrected chi connectivity index (χ4v) is 3.89. The minimum Gasteiger partial charge on any atom is -0.369 e. The first kappa shape index (κ1) is 17.3. The molecule has 0 spiro atoms. The molecule has 5 heteroatoms. The third-order valence-electron chi connectivity index (χ3n) is 5.09. The van der Waals surface area contributed by atoms with Crippen LogP contribution in [0.1, 0.15) is 48.1 Å². The number of rotatable bonds is 3. The zero-order valence-corrected chi connectivity index (χ0v) is 14.3. The SMILES string of the molecule is CCCc1cc2c(c(F)c1F)-c1c(cc(C3CC=CCO3)c(F)c1F)C2. The zero-order chi connectivity index (χ0) is 18.4. The van der Waals surface area contributed by atoms with Crippen LogP contribution in [0, 0.1) is 23.3 Å². The van der Waals surface area contributed by atoms with E-state index in [0.29, 0.717) is 37.0 Å². The first-order valence-corrected chi connectivity index (χ1v) is 8.80. The van der Waals surface area contributed by atoms with Gasteiger partial charge in [-0.1, -0.05) is 31.6 Å². The van der Waals surface area contributed by atoms with Gasteiger partial charge in [0.05, 0.1) is 12.7 Å². The van der Waals surface area contributed by atoms with Crippen LogP contribution < -0.4 is 0 Å². The van der Waals surface area contributed by atoms with Crippen molar-refractivity contribution in [3.05, 3.63) is 69.8 Å². The van der Waals surface area contributed by atoms with E-state index in [-0.39, 0.29) is 28.7 Å². The van der Waals surface area contributed by atoms with Gasteiger partial charge in [-0.3, -0.25) is 0 Å². The third kappa shape index (κ3) is 2.57. The molecular weight excluding hydrogens is 344 g/mol. The van der Waals surface area contributed by atoms with E-state index < -0.39 is 29.4 Å². The molecule has 0 saturated carbocycles. The normalized spacial score (nSPS) is 18.1. The number of halogens is 4. The fourth-order valence-electron chi connectivity index (χ4n) is 3.89. The lowest BCUT2D eigenvalue weighted by atomic mass is 9.96. The quantitative estimate of drug-likeness (QED) is 0.424. The maximum absolute atomic E-state index is 14.8. The Hall–Kier alpha value is -2.14. The number of fused-ring (bicyclic) bond motifs is 3. The maximum atomic E-state index is 14.8. The molecule has 1 atom stereocenters. The van der Waals surface area contributed by atoms with Crippen molar-refractivity contribution in [2.75, 3.05) is 6.61 Å². The smallest absolute Gasteiger partial charge is 0.167 e. The second-order valence-electron chi connectivity index (χ2n) is 6.78. The Morgan fingerprint density at radius 2 is 1.62 bits per heavy atom. The van der Waals surface area contributed by atoms with Gasteiger partial charge < -0.3 is 4.74 Å². The van der Waals surface area contributed by atoms with E-state index in [1.807, 2.05) is 19.1 Å². The second kappa shape index (κ2) is 6.54. The van der Waals surface area contributed by atoms with Crippen LogP contribution in [-0.2, 0) is 17.6 Å². The summed E-state index contributed by atoms with van der Waals surface area (Å²) in [4.78, 5) is 0. The van der Waals surface area contributed by atoms with Gasteiger partial charge in [-0.25, -0.2) is 17.6 Å². The molecule has 0 radical (unpaired) electrons. The van der Waals surface area contributed by atoms with Crippen molar-refractivity contribution in [1.29, 1.82) is 0 Å². The molecule has 0 amide bonds. The summed E-state index contributed by atoms with van der Waals surface area (Å²) in [5.41, 5.74) is 1.07. The molecule has 0 aromatic heterocycles. The Morgan fingerprint density at radius 3 is 2.27 bits per heavy atom. The monoisotopic (exact) mass is 362 g/mol. The predicted octanol–water partition coefficient (Wildman–Crippen LogP) is 5.78. The Morgan fingerprint density at radius 1 is 0.923 bits per heavy atom. The van der Waals surface area contributed by atoms with E-state index in [9.17, 15) is 17.6 Å². The number of hydrogen-bond acceptors (Lipinski definition) is 1. The van der Waals surface area contributed by atoms with Crippen LogP contribution in [0.2, 0.25) is 0 Å². The Bertz CT molecular complexity index is 917. The van der Waals surface area contributed by atoms with Gasteiger partial charge in [0, 0.05) is 16.7 Å². The highest BCUT2D eigenvalue weighted by Crippen LogP contribution is 2.44. The third-order valence-corrected chi connectivity index (χ3v) is 5.09. The average Bonchev–Trinajstić information content (AvgIpc) is 3.02. The standard InChI is InChI=1S/C21H18F4O/c1-2-5-11-8-12-9-13-10-14(15-6-3-4-7-26-15)19(23)21(25)17(13)16(12)20(24)18(11)22/h3-4,8,10,15H,2,5-7,9H2,1H3. The fraction of sp³-hybridized carbons (Fsp3) is 0.333. The predicted molar refractivity (Wildman–Crippen MR) is 91.0 cm³/mol. The van der Waals surface area contributed by atoms with E-state index in [4.69, 9.17) is 4.74 Å². The Balaban J connectivity index is 1.86. The highest BCUT2D eigenvalue weighted by molar-refractivity contribution is 5.79. The van der Waals surface area contributed by atoms with Crippen LogP contribution >= 0.6 is 0 Å². The average molecular weight is 362 g/mol. The van der Waals surface area contributed by atoms with Crippen molar-refractivity contribution < 1.29 is 22.3 Å². The molecule has 26 heavy (non-hydrogen) atoms. The van der Waals surface area contributed by atoms with Crippen LogP contribution in [0.15, 0.2) is 24.3 Å². The molecule has 1 unspecified atom stereocenters. The number of benzene rings is 2. The van der Waals surface area contributed by atoms with Crippen LogP contribution in [0.5, 0.6) is 0 Å². The highest BCUT2D eigenvalue weighted by atomic mass is 19.2. The summed E-state index contributed by atoms with van der Waals surface area (Å²) in [6.45, 7) is 2.21. The van der Waals surface area contributed by atoms with Gasteiger partial charge >= 0.3 is 0 Å². The minimum atomic E-state index is -1.13. The van der Waals surface area contributed by atoms with Crippen LogP contribution in [0.4, 0.5) is 17.6 Å². The molecule has 2 aromatic rings. The molecule has 0 fully saturated rings. The molecule has 0 saturated heterocycles. The van der Waals surface area contributed by atoms with Gasteiger partial charge in [0.2, 0.25) is 0 Å². The molecule has 4 rings (SSSR count). The van der Waals surface area contributed by atoms with Crippen molar-refractivity contribution in [1.82, 2.24) is 0 Å². The highest BCUT2D eigenvalue weighted by Gasteiger charge is 2.33. The van der Waals surface area contributed by atoms with E-state index >= 15 is 0 Å². The van der Waals surface area contributed by atoms with Crippen LogP contribution in [0.25, 0.3) is 11.1 Å². The molecule has 1 aliphatic carbocycles. The van der Waals surface area contributed by atoms with Gasteiger partial charge in [0.25, 0.3) is 0 Å². The van der Waals surface area contributed by atoms with Gasteiger partial charge in [-0.05, 0) is 42.0 Å². The van der Waals surface area contributed by atoms with Gasteiger partial charge in [-0.2, -0.15) is 0 Å². The lowest BCUT2D eigenvalue weighted by Crippen LogP contribution is -2.11. The molecule has 0 bridgehead atoms. The van der Waals surface area contributed by atoms with Crippen molar-refractivity contribution in [2.45, 2.75) is 38.7 Å². The lowest BCUT2D eigenvalue weighted by Gasteiger charge is -2.21. The van der Waals surface area contributed by atoms with Gasteiger partial charge in [0.1, 0.15) is 0 Å². The summed E-state index contributed by atoms with van der Waals surface area (Å²) >= 11 is 0. The molecule has 136 valence electrons. The summed E-state index contributed by atoms with van der Waals surface area (Å²) in [6.07, 6.45) is 4.89. The number of hydrogen-bond donors (Lipinski definition) is 0. The van der Waals surface area contributed by atoms with Gasteiger partial charge in [0.15, 0.2) is 23.3 Å². The van der Waals surface area contributed by atoms with E-state index in [1.165, 1.54) is 6.07 Å². The molecule has 1 nitrogen and oxygen atoms in total. The molecule has 1 aliphatic heterocycles. The Labute approximate surface area is 149 Å². The first-order chi connectivity index (χ1) is 12.5. The van der Waals surface area contributed by atoms with E-state index in [1.54, 1.807) is 6.07 Å². The zero-order valence-electron chi connectivity index (χ0n) is 14.3. The largest absolute Gasteiger partial charge is 0.369 e. The molecule has 0 N–H and O–H groups in total. The van der Waals surface area contributed by atoms with Crippen molar-refractivity contribution in [2.24, 2.45) is 0 Å². The summed E-state index contributed by atoms with van der Waals surface area (Å²) in [6, 6.07) is 3.11. The lowest BCUT2D eigenvalue weighted by molar-refractivity contribution is 0.0645. The molecular formula is C21H18F4O. The topological polar surface area (TPSA) is 9.23 Å². The number of ether oxygens (including phenoxy) is 1. The summed E-state index contributed by atoms with van der Waals surface area (Å²) < 4.78 is 64.0. The van der Waals surface area contributed by atoms with Crippen molar-refractivity contribution in [3.8, 4) is 11.1 Å². The number of aryl methyl sites for hydroxylation is 1. The summed E-state index contributed by atoms with van der Waals surface area (Å²) in [5.74, 6) is -4.24. The Kier molecular flexibility index (Phi) is 4.35. The molecule has 2 aromatic carbocycles. The minimum absolute atomic E-state index is 0.132. The molecule has 2 aliphatic rings. The molecule has 1 heterocycles. The van der Waals surface area contributed by atoms with E-state index in [2.05, 4.69) is 0 Å². The maximum Gasteiger partial charge on any atom is 0.167 e. The van der Waals surface area contributed by atoms with Crippen molar-refractivity contribution >= 4 is 0 Å². The van der Waals surface area contributed by atoms with Crippen LogP contribution in [0.3, 0.4) is 0 Å². The second-order valence-corrected chi connectivity index (χ2v) is 6.78. The summed E-state index contributed by atoms with van der Waals surface area (Å²) in [5, 5.41) is 0. The summed E-state index contributed by atoms with van der Waals surface area (Å²) in [7, 11) is 0. The van der Waals surface area contributed by atoms with Gasteiger partial charge in [-0.15, -0.1) is 0 Å². The van der Waals surface area contributed by atoms with Crippen LogP contribution in [-0.4, -0.2) is 6.61 Å². The van der Waals surface area contributed by atoms with Crippen molar-refractivity contribution in [3.63, 3.8) is 0 Å². The van der Waals surface area contributed by atoms with E-state index in [0.717, 1.165) is 0 Å².